The summed E-state index contributed by atoms with van der Waals surface area (Å²) >= 11 is 0. The molecule has 0 bridgehead atoms. The standard InChI is InChI=1S/C18H18N4O4/c1-4-26-17(24)12-9(2)20-15-14(16(23)22-18(19)21-15)13(12)10-5-7-11(25-3)8-6-10/h5-8H,4H2,1-3H3,(H3,19,20,21,22,23). The largest absolute Gasteiger partial charge is 0.497 e. The van der Waals surface area contributed by atoms with Gasteiger partial charge in [0, 0.05) is 5.56 Å². The number of ether oxygens (including phenoxy) is 2. The van der Waals surface area contributed by atoms with Gasteiger partial charge in [0.15, 0.2) is 5.65 Å². The average Bonchev–Trinajstić information content (AvgIpc) is 2.60. The average molecular weight is 354 g/mol. The molecular formula is C18H18N4O4. The van der Waals surface area contributed by atoms with Gasteiger partial charge in [0.05, 0.1) is 30.4 Å². The second-order valence-corrected chi connectivity index (χ2v) is 5.55. The van der Waals surface area contributed by atoms with E-state index in [-0.39, 0.29) is 29.2 Å². The normalized spacial score (nSPS) is 10.7. The van der Waals surface area contributed by atoms with Crippen LogP contribution in [0.15, 0.2) is 29.1 Å². The summed E-state index contributed by atoms with van der Waals surface area (Å²) in [6.45, 7) is 3.58. The van der Waals surface area contributed by atoms with E-state index in [2.05, 4.69) is 15.0 Å². The number of hydrogen-bond donors (Lipinski definition) is 2. The molecule has 0 fully saturated rings. The number of carbonyl (C=O) groups is 1. The van der Waals surface area contributed by atoms with Gasteiger partial charge in [-0.15, -0.1) is 0 Å². The van der Waals surface area contributed by atoms with E-state index in [1.165, 1.54) is 0 Å². The van der Waals surface area contributed by atoms with Crippen molar-refractivity contribution in [2.75, 3.05) is 19.5 Å². The van der Waals surface area contributed by atoms with Crippen molar-refractivity contribution in [3.63, 3.8) is 0 Å². The van der Waals surface area contributed by atoms with Gasteiger partial charge >= 0.3 is 5.97 Å². The van der Waals surface area contributed by atoms with Crippen LogP contribution in [0.2, 0.25) is 0 Å². The molecule has 0 aliphatic carbocycles. The predicted molar refractivity (Wildman–Crippen MR) is 97.3 cm³/mol. The summed E-state index contributed by atoms with van der Waals surface area (Å²) in [5.74, 6) is 0.0539. The van der Waals surface area contributed by atoms with Gasteiger partial charge < -0.3 is 15.2 Å². The highest BCUT2D eigenvalue weighted by molar-refractivity contribution is 6.07. The first kappa shape index (κ1) is 17.4. The van der Waals surface area contributed by atoms with E-state index in [9.17, 15) is 9.59 Å². The van der Waals surface area contributed by atoms with Crippen LogP contribution in [-0.2, 0) is 4.74 Å². The third-order valence-corrected chi connectivity index (χ3v) is 3.91. The number of esters is 1. The molecular weight excluding hydrogens is 336 g/mol. The molecule has 0 aliphatic heterocycles. The zero-order chi connectivity index (χ0) is 18.8. The van der Waals surface area contributed by atoms with Crippen LogP contribution in [0.4, 0.5) is 5.95 Å². The summed E-state index contributed by atoms with van der Waals surface area (Å²) < 4.78 is 10.3. The van der Waals surface area contributed by atoms with E-state index in [1.54, 1.807) is 45.2 Å². The summed E-state index contributed by atoms with van der Waals surface area (Å²) in [5.41, 5.74) is 7.00. The Balaban J connectivity index is 2.43. The molecule has 0 unspecified atom stereocenters. The molecule has 0 amide bonds. The third kappa shape index (κ3) is 2.97. The third-order valence-electron chi connectivity index (χ3n) is 3.91. The maximum atomic E-state index is 12.6. The van der Waals surface area contributed by atoms with Crippen LogP contribution in [-0.4, -0.2) is 34.6 Å². The highest BCUT2D eigenvalue weighted by atomic mass is 16.5. The smallest absolute Gasteiger partial charge is 0.340 e. The number of hydrogen-bond acceptors (Lipinski definition) is 7. The maximum Gasteiger partial charge on any atom is 0.340 e. The first-order chi connectivity index (χ1) is 12.5. The predicted octanol–water partition coefficient (Wildman–Crippen LogP) is 2.06. The van der Waals surface area contributed by atoms with Crippen LogP contribution >= 0.6 is 0 Å². The molecule has 0 saturated heterocycles. The molecule has 0 spiro atoms. The number of H-pyrrole nitrogens is 1. The maximum absolute atomic E-state index is 12.6. The van der Waals surface area contributed by atoms with Crippen LogP contribution in [0.25, 0.3) is 22.2 Å². The number of nitrogens with one attached hydrogen (secondary N) is 1. The Kier molecular flexibility index (Phi) is 4.57. The van der Waals surface area contributed by atoms with E-state index in [1.807, 2.05) is 0 Å². The molecule has 2 heterocycles. The Morgan fingerprint density at radius 1 is 1.23 bits per heavy atom. The number of pyridine rings is 1. The second-order valence-electron chi connectivity index (χ2n) is 5.55. The van der Waals surface area contributed by atoms with Crippen molar-refractivity contribution in [3.05, 3.63) is 45.9 Å². The van der Waals surface area contributed by atoms with E-state index >= 15 is 0 Å². The van der Waals surface area contributed by atoms with Crippen molar-refractivity contribution in [3.8, 4) is 16.9 Å². The minimum atomic E-state index is -0.554. The molecule has 0 aliphatic rings. The summed E-state index contributed by atoms with van der Waals surface area (Å²) in [5, 5.41) is 0.179. The number of benzene rings is 1. The SMILES string of the molecule is CCOC(=O)c1c(C)nc2nc(N)[nH]c(=O)c2c1-c1ccc(OC)cc1. The Labute approximate surface area is 149 Å². The zero-order valence-corrected chi connectivity index (χ0v) is 14.6. The lowest BCUT2D eigenvalue weighted by Crippen LogP contribution is -2.17. The molecule has 3 aromatic rings. The highest BCUT2D eigenvalue weighted by Gasteiger charge is 2.24. The summed E-state index contributed by atoms with van der Waals surface area (Å²) in [6.07, 6.45) is 0. The van der Waals surface area contributed by atoms with Crippen molar-refractivity contribution < 1.29 is 14.3 Å². The van der Waals surface area contributed by atoms with Crippen LogP contribution in [0.3, 0.4) is 0 Å². The van der Waals surface area contributed by atoms with Crippen molar-refractivity contribution in [1.82, 2.24) is 15.0 Å². The van der Waals surface area contributed by atoms with E-state index in [4.69, 9.17) is 15.2 Å². The summed E-state index contributed by atoms with van der Waals surface area (Å²) in [4.78, 5) is 36.0. The highest BCUT2D eigenvalue weighted by Crippen LogP contribution is 2.32. The Hall–Kier alpha value is -3.42. The molecule has 8 nitrogen and oxygen atoms in total. The second kappa shape index (κ2) is 6.83. The van der Waals surface area contributed by atoms with Gasteiger partial charge in [-0.1, -0.05) is 12.1 Å². The fourth-order valence-corrected chi connectivity index (χ4v) is 2.80. The first-order valence-corrected chi connectivity index (χ1v) is 7.97. The zero-order valence-electron chi connectivity index (χ0n) is 14.6. The number of aryl methyl sites for hydroxylation is 1. The number of anilines is 1. The van der Waals surface area contributed by atoms with Gasteiger partial charge in [0.1, 0.15) is 5.75 Å². The Bertz CT molecular complexity index is 1040. The van der Waals surface area contributed by atoms with E-state index < -0.39 is 11.5 Å². The molecule has 1 aromatic carbocycles. The van der Waals surface area contributed by atoms with Crippen LogP contribution in [0.5, 0.6) is 5.75 Å². The number of aromatic nitrogens is 3. The van der Waals surface area contributed by atoms with Gasteiger partial charge in [-0.25, -0.2) is 9.78 Å². The van der Waals surface area contributed by atoms with Crippen molar-refractivity contribution in [2.24, 2.45) is 0 Å². The lowest BCUT2D eigenvalue weighted by atomic mass is 9.96. The van der Waals surface area contributed by atoms with Crippen molar-refractivity contribution >= 4 is 23.0 Å². The van der Waals surface area contributed by atoms with E-state index in [0.29, 0.717) is 22.6 Å². The van der Waals surface area contributed by atoms with Crippen molar-refractivity contribution in [1.29, 1.82) is 0 Å². The number of nitrogens with zero attached hydrogens (tertiary/aromatic N) is 2. The minimum absolute atomic E-state index is 0.0426. The number of nitrogens with two attached hydrogens (primary N) is 1. The minimum Gasteiger partial charge on any atom is -0.497 e. The van der Waals surface area contributed by atoms with Gasteiger partial charge in [0.2, 0.25) is 5.95 Å². The van der Waals surface area contributed by atoms with Gasteiger partial charge in [0.25, 0.3) is 5.56 Å². The lowest BCUT2D eigenvalue weighted by molar-refractivity contribution is 0.0526. The molecule has 8 heteroatoms. The molecule has 3 N–H and O–H groups in total. The Morgan fingerprint density at radius 2 is 1.92 bits per heavy atom. The fourth-order valence-electron chi connectivity index (χ4n) is 2.80. The topological polar surface area (TPSA) is 120 Å². The monoisotopic (exact) mass is 354 g/mol. The van der Waals surface area contributed by atoms with Crippen LogP contribution < -0.4 is 16.0 Å². The molecule has 0 atom stereocenters. The van der Waals surface area contributed by atoms with Crippen LogP contribution in [0.1, 0.15) is 23.0 Å². The Morgan fingerprint density at radius 3 is 2.54 bits per heavy atom. The van der Waals surface area contributed by atoms with Crippen LogP contribution in [0, 0.1) is 6.92 Å². The summed E-state index contributed by atoms with van der Waals surface area (Å²) in [7, 11) is 1.56. The molecule has 2 aromatic heterocycles. The fraction of sp³-hybridized carbons (Fsp3) is 0.222. The molecule has 26 heavy (non-hydrogen) atoms. The number of methoxy groups -OCH3 is 1. The van der Waals surface area contributed by atoms with Crippen molar-refractivity contribution in [2.45, 2.75) is 13.8 Å². The molecule has 0 saturated carbocycles. The lowest BCUT2D eigenvalue weighted by Gasteiger charge is -2.14. The number of fused-ring (bicyclic) bond motifs is 1. The van der Waals surface area contributed by atoms with E-state index in [0.717, 1.165) is 0 Å². The number of aromatic amines is 1. The first-order valence-electron chi connectivity index (χ1n) is 7.97. The van der Waals surface area contributed by atoms with Gasteiger partial charge in [-0.2, -0.15) is 4.98 Å². The number of nitrogen functional groups attached to an aromatic ring is 1. The summed E-state index contributed by atoms with van der Waals surface area (Å²) in [6, 6.07) is 6.99. The molecule has 3 rings (SSSR count). The van der Waals surface area contributed by atoms with Gasteiger partial charge in [-0.3, -0.25) is 9.78 Å². The molecule has 134 valence electrons. The van der Waals surface area contributed by atoms with Gasteiger partial charge in [-0.05, 0) is 31.5 Å². The quantitative estimate of drug-likeness (QED) is 0.688. The number of rotatable bonds is 4. The molecule has 0 radical (unpaired) electrons. The number of carbonyl (C=O) groups excluding carboxylic acids is 1.